The molecule has 7 nitrogen and oxygen atoms in total. The molecule has 1 saturated heterocycles. The fourth-order valence-electron chi connectivity index (χ4n) is 2.40. The maximum atomic E-state index is 12.1. The highest BCUT2D eigenvalue weighted by Gasteiger charge is 2.22. The van der Waals surface area contributed by atoms with Crippen molar-refractivity contribution < 1.29 is 17.9 Å². The van der Waals surface area contributed by atoms with Gasteiger partial charge in [0.25, 0.3) is 0 Å². The van der Waals surface area contributed by atoms with Crippen LogP contribution in [0.15, 0.2) is 24.3 Å². The van der Waals surface area contributed by atoms with Gasteiger partial charge in [-0.15, -0.1) is 0 Å². The number of para-hydroxylation sites is 1. The molecule has 1 N–H and O–H groups in total. The molecule has 0 aliphatic carbocycles. The summed E-state index contributed by atoms with van der Waals surface area (Å²) in [5, 5.41) is 3.03. The van der Waals surface area contributed by atoms with Gasteiger partial charge in [0, 0.05) is 26.2 Å². The van der Waals surface area contributed by atoms with Crippen LogP contribution in [-0.2, 0) is 19.6 Å². The van der Waals surface area contributed by atoms with Crippen LogP contribution >= 0.6 is 11.6 Å². The first-order chi connectivity index (χ1) is 11.4. The summed E-state index contributed by atoms with van der Waals surface area (Å²) in [6, 6.07) is 6.54. The fourth-order valence-corrected chi connectivity index (χ4v) is 3.56. The largest absolute Gasteiger partial charge is 0.379 e. The van der Waals surface area contributed by atoms with Crippen molar-refractivity contribution in [2.45, 2.75) is 0 Å². The minimum absolute atomic E-state index is 0.282. The van der Waals surface area contributed by atoms with Crippen LogP contribution in [0.3, 0.4) is 0 Å². The Labute approximate surface area is 147 Å². The van der Waals surface area contributed by atoms with Gasteiger partial charge in [0.2, 0.25) is 15.9 Å². The van der Waals surface area contributed by atoms with Crippen LogP contribution in [-0.4, -0.2) is 71.4 Å². The molecule has 24 heavy (non-hydrogen) atoms. The van der Waals surface area contributed by atoms with Gasteiger partial charge in [-0.3, -0.25) is 14.0 Å². The van der Waals surface area contributed by atoms with Crippen LogP contribution in [0.4, 0.5) is 5.69 Å². The average Bonchev–Trinajstić information content (AvgIpc) is 2.53. The van der Waals surface area contributed by atoms with E-state index in [9.17, 15) is 13.2 Å². The first kappa shape index (κ1) is 19.0. The Morgan fingerprint density at radius 3 is 2.62 bits per heavy atom. The second kappa shape index (κ2) is 8.66. The van der Waals surface area contributed by atoms with Crippen molar-refractivity contribution in [2.75, 3.05) is 56.5 Å². The third-order valence-corrected chi connectivity index (χ3v) is 5.11. The highest BCUT2D eigenvalue weighted by atomic mass is 35.5. The lowest BCUT2D eigenvalue weighted by molar-refractivity contribution is -0.119. The number of ether oxygens (including phenoxy) is 1. The molecular weight excluding hydrogens is 354 g/mol. The van der Waals surface area contributed by atoms with Gasteiger partial charge in [-0.1, -0.05) is 23.7 Å². The van der Waals surface area contributed by atoms with Gasteiger partial charge < -0.3 is 10.1 Å². The number of carbonyl (C=O) groups is 1. The van der Waals surface area contributed by atoms with E-state index in [1.807, 2.05) is 0 Å². The van der Waals surface area contributed by atoms with E-state index in [0.717, 1.165) is 23.7 Å². The maximum Gasteiger partial charge on any atom is 0.240 e. The second-order valence-electron chi connectivity index (χ2n) is 5.53. The summed E-state index contributed by atoms with van der Waals surface area (Å²) >= 11 is 6.06. The summed E-state index contributed by atoms with van der Waals surface area (Å²) < 4.78 is 30.3. The van der Waals surface area contributed by atoms with Gasteiger partial charge in [-0.25, -0.2) is 8.42 Å². The van der Waals surface area contributed by atoms with Gasteiger partial charge in [-0.2, -0.15) is 0 Å². The van der Waals surface area contributed by atoms with Crippen molar-refractivity contribution in [3.05, 3.63) is 29.3 Å². The molecule has 1 aliphatic heterocycles. The van der Waals surface area contributed by atoms with Crippen molar-refractivity contribution in [2.24, 2.45) is 0 Å². The van der Waals surface area contributed by atoms with Crippen LogP contribution < -0.4 is 9.62 Å². The van der Waals surface area contributed by atoms with Crippen LogP contribution in [0, 0.1) is 0 Å². The van der Waals surface area contributed by atoms with Gasteiger partial charge in [-0.05, 0) is 12.1 Å². The minimum Gasteiger partial charge on any atom is -0.379 e. The lowest BCUT2D eigenvalue weighted by atomic mass is 10.3. The normalized spacial score (nSPS) is 15.9. The van der Waals surface area contributed by atoms with Crippen molar-refractivity contribution in [1.29, 1.82) is 0 Å². The molecule has 0 atom stereocenters. The molecule has 0 radical (unpaired) electrons. The molecule has 0 saturated carbocycles. The molecule has 0 bridgehead atoms. The maximum absolute atomic E-state index is 12.1. The number of carbonyl (C=O) groups excluding carboxylic acids is 1. The Bertz CT molecular complexity index is 662. The SMILES string of the molecule is CS(=O)(=O)N(CC(=O)NCCN1CCOCC1)c1ccccc1Cl. The third-order valence-electron chi connectivity index (χ3n) is 3.66. The van der Waals surface area contributed by atoms with Gasteiger partial charge in [0.15, 0.2) is 0 Å². The van der Waals surface area contributed by atoms with E-state index in [1.165, 1.54) is 0 Å². The average molecular weight is 376 g/mol. The molecule has 9 heteroatoms. The number of sulfonamides is 1. The Morgan fingerprint density at radius 1 is 1.33 bits per heavy atom. The number of hydrogen-bond acceptors (Lipinski definition) is 5. The van der Waals surface area contributed by atoms with Gasteiger partial charge in [0.05, 0.1) is 30.2 Å². The van der Waals surface area contributed by atoms with Crippen LogP contribution in [0.2, 0.25) is 5.02 Å². The molecule has 1 fully saturated rings. The van der Waals surface area contributed by atoms with E-state index in [2.05, 4.69) is 10.2 Å². The van der Waals surface area contributed by atoms with Crippen LogP contribution in [0.1, 0.15) is 0 Å². The minimum atomic E-state index is -3.62. The Balaban J connectivity index is 1.92. The van der Waals surface area contributed by atoms with E-state index in [-0.39, 0.29) is 17.5 Å². The number of nitrogens with zero attached hydrogens (tertiary/aromatic N) is 2. The van der Waals surface area contributed by atoms with Gasteiger partial charge >= 0.3 is 0 Å². The van der Waals surface area contributed by atoms with E-state index >= 15 is 0 Å². The second-order valence-corrected chi connectivity index (χ2v) is 7.84. The van der Waals surface area contributed by atoms with E-state index in [1.54, 1.807) is 24.3 Å². The smallest absolute Gasteiger partial charge is 0.240 e. The number of anilines is 1. The molecule has 1 heterocycles. The Kier molecular flexibility index (Phi) is 6.85. The number of benzene rings is 1. The quantitative estimate of drug-likeness (QED) is 0.753. The number of amides is 1. The zero-order valence-corrected chi connectivity index (χ0v) is 15.1. The molecule has 0 aromatic heterocycles. The van der Waals surface area contributed by atoms with Crippen molar-refractivity contribution in [3.63, 3.8) is 0 Å². The molecular formula is C15H22ClN3O4S. The third kappa shape index (κ3) is 5.62. The molecule has 1 aliphatic rings. The van der Waals surface area contributed by atoms with Crippen molar-refractivity contribution in [3.8, 4) is 0 Å². The van der Waals surface area contributed by atoms with Crippen LogP contribution in [0.25, 0.3) is 0 Å². The monoisotopic (exact) mass is 375 g/mol. The predicted octanol–water partition coefficient (Wildman–Crippen LogP) is 0.554. The zero-order chi connectivity index (χ0) is 17.6. The molecule has 1 amide bonds. The van der Waals surface area contributed by atoms with E-state index in [4.69, 9.17) is 16.3 Å². The van der Waals surface area contributed by atoms with Crippen molar-refractivity contribution >= 4 is 33.2 Å². The molecule has 1 aromatic carbocycles. The summed E-state index contributed by atoms with van der Waals surface area (Å²) in [7, 11) is -3.62. The Morgan fingerprint density at radius 2 is 2.00 bits per heavy atom. The molecule has 134 valence electrons. The lowest BCUT2D eigenvalue weighted by Gasteiger charge is -2.27. The van der Waals surface area contributed by atoms with Gasteiger partial charge in [0.1, 0.15) is 6.54 Å². The highest BCUT2D eigenvalue weighted by molar-refractivity contribution is 7.92. The van der Waals surface area contributed by atoms with Crippen LogP contribution in [0.5, 0.6) is 0 Å². The first-order valence-electron chi connectivity index (χ1n) is 7.67. The number of halogens is 1. The summed E-state index contributed by atoms with van der Waals surface area (Å²) in [6.45, 7) is 3.94. The fraction of sp³-hybridized carbons (Fsp3) is 0.533. The van der Waals surface area contributed by atoms with Crippen molar-refractivity contribution in [1.82, 2.24) is 10.2 Å². The molecule has 2 rings (SSSR count). The molecule has 1 aromatic rings. The number of morpholine rings is 1. The van der Waals surface area contributed by atoms with E-state index in [0.29, 0.717) is 32.0 Å². The number of nitrogens with one attached hydrogen (secondary N) is 1. The Hall–Kier alpha value is -1.35. The number of rotatable bonds is 7. The highest BCUT2D eigenvalue weighted by Crippen LogP contribution is 2.26. The first-order valence-corrected chi connectivity index (χ1v) is 9.89. The van der Waals surface area contributed by atoms with E-state index < -0.39 is 10.0 Å². The summed E-state index contributed by atoms with van der Waals surface area (Å²) in [5.41, 5.74) is 0.296. The molecule has 0 spiro atoms. The number of hydrogen-bond donors (Lipinski definition) is 1. The zero-order valence-electron chi connectivity index (χ0n) is 13.6. The molecule has 0 unspecified atom stereocenters. The summed E-state index contributed by atoms with van der Waals surface area (Å²) in [6.07, 6.45) is 1.05. The summed E-state index contributed by atoms with van der Waals surface area (Å²) in [4.78, 5) is 14.3. The topological polar surface area (TPSA) is 79.0 Å². The standard InChI is InChI=1S/C15H22ClN3O4S/c1-24(21,22)19(14-5-3-2-4-13(14)16)12-15(20)17-6-7-18-8-10-23-11-9-18/h2-5H,6-12H2,1H3,(H,17,20). The predicted molar refractivity (Wildman–Crippen MR) is 93.9 cm³/mol. The summed E-state index contributed by atoms with van der Waals surface area (Å²) in [5.74, 6) is -0.367. The lowest BCUT2D eigenvalue weighted by Crippen LogP contribution is -2.44.